The molecule has 3 heterocycles. The molecule has 8 aliphatic rings. The summed E-state index contributed by atoms with van der Waals surface area (Å²) in [6, 6.07) is 146. The number of anilines is 6. The molecule has 0 atom stereocenters. The summed E-state index contributed by atoms with van der Waals surface area (Å²) < 4.78 is 2.58. The first-order valence-corrected chi connectivity index (χ1v) is 38.4. The largest absolute Gasteiger partial charge is 0.311 e. The number of rotatable bonds is 4. The second-order valence-corrected chi connectivity index (χ2v) is 31.0. The van der Waals surface area contributed by atoms with Crippen molar-refractivity contribution in [2.45, 2.75) is 16.2 Å². The zero-order chi connectivity index (χ0) is 70.7. The van der Waals surface area contributed by atoms with Crippen molar-refractivity contribution < 1.29 is 0 Å². The van der Waals surface area contributed by atoms with Gasteiger partial charge in [0.25, 0.3) is 6.71 Å². The van der Waals surface area contributed by atoms with Crippen LogP contribution in [-0.2, 0) is 16.2 Å². The number of hydrogen-bond acceptors (Lipinski definition) is 2. The van der Waals surface area contributed by atoms with Crippen molar-refractivity contribution in [3.63, 3.8) is 0 Å². The van der Waals surface area contributed by atoms with Crippen molar-refractivity contribution >= 4 is 79.0 Å². The van der Waals surface area contributed by atoms with Crippen LogP contribution in [0.2, 0.25) is 0 Å². The van der Waals surface area contributed by atoms with Crippen LogP contribution in [0.25, 0.3) is 105 Å². The number of fused-ring (bicyclic) bond motifs is 38. The first-order valence-electron chi connectivity index (χ1n) is 38.4. The van der Waals surface area contributed by atoms with E-state index in [2.05, 4.69) is 390 Å². The fourth-order valence-electron chi connectivity index (χ4n) is 22.9. The molecule has 0 bridgehead atoms. The van der Waals surface area contributed by atoms with Gasteiger partial charge in [-0.3, -0.25) is 0 Å². The average Bonchev–Trinajstić information content (AvgIpc) is 1.54. The standard InChI is InChI=1S/C105H62BN3/c1-2-27-63(28-3-1)64-53-58-95-92(59-64)106-91-57-56-90-99(78-39-12-23-49-88(78)104(90)82-43-17-6-31-69(82)70-32-7-18-44-83(70)104)102(91)108(65-54-55-89-79(60-65)74-36-11-19-45-84(74)103(89)80-41-15-4-29-67(80)68-30-5-16-42-81(68)103)97-61-66(107-93-50-24-13-37-75(93)76-38-14-25-51-94(76)107)62-98(101(97)106)109(95)96-52-26-40-77-73-35-10-22-48-87(73)105(100(77)96)85-46-20-8-33-71(85)72-34-9-21-47-86(72)105/h1-62H. The van der Waals surface area contributed by atoms with Gasteiger partial charge in [0.05, 0.1) is 38.7 Å². The maximum Gasteiger partial charge on any atom is 0.252 e. The first-order chi connectivity index (χ1) is 54.1. The van der Waals surface area contributed by atoms with Gasteiger partial charge in [-0.15, -0.1) is 0 Å². The third-order valence-corrected chi connectivity index (χ3v) is 26.6. The average molecular weight is 1380 g/mol. The van der Waals surface area contributed by atoms with Crippen LogP contribution in [0.1, 0.15) is 66.8 Å². The summed E-state index contributed by atoms with van der Waals surface area (Å²) in [7, 11) is 0. The van der Waals surface area contributed by atoms with E-state index in [-0.39, 0.29) is 6.71 Å². The molecule has 0 fully saturated rings. The Labute approximate surface area is 631 Å². The van der Waals surface area contributed by atoms with Gasteiger partial charge >= 0.3 is 0 Å². The lowest BCUT2D eigenvalue weighted by Gasteiger charge is -2.46. The molecule has 0 saturated carbocycles. The molecule has 0 unspecified atom stereocenters. The lowest BCUT2D eigenvalue weighted by Crippen LogP contribution is -2.61. The molecule has 0 amide bonds. The Balaban J connectivity index is 0.841. The smallest absolute Gasteiger partial charge is 0.252 e. The monoisotopic (exact) mass is 1380 g/mol. The van der Waals surface area contributed by atoms with Crippen LogP contribution in [0.5, 0.6) is 0 Å². The highest BCUT2D eigenvalue weighted by Crippen LogP contribution is 2.69. The lowest BCUT2D eigenvalue weighted by atomic mass is 9.33. The van der Waals surface area contributed by atoms with Crippen LogP contribution >= 0.6 is 0 Å². The van der Waals surface area contributed by atoms with E-state index in [4.69, 9.17) is 0 Å². The van der Waals surface area contributed by atoms with Gasteiger partial charge in [0, 0.05) is 50.3 Å². The van der Waals surface area contributed by atoms with Crippen molar-refractivity contribution in [3.8, 4) is 83.6 Å². The van der Waals surface area contributed by atoms with E-state index >= 15 is 0 Å². The molecule has 0 N–H and O–H groups in total. The molecule has 17 aromatic carbocycles. The molecule has 3 spiro atoms. The minimum atomic E-state index is -0.667. The van der Waals surface area contributed by atoms with Gasteiger partial charge in [0.1, 0.15) is 0 Å². The fourth-order valence-corrected chi connectivity index (χ4v) is 22.9. The molecule has 109 heavy (non-hydrogen) atoms. The maximum absolute atomic E-state index is 2.79. The highest BCUT2D eigenvalue weighted by Gasteiger charge is 2.58. The summed E-state index contributed by atoms with van der Waals surface area (Å²) in [6.45, 7) is -0.267. The second kappa shape index (κ2) is 20.8. The summed E-state index contributed by atoms with van der Waals surface area (Å²) in [4.78, 5) is 5.53. The normalized spacial score (nSPS) is 15.0. The van der Waals surface area contributed by atoms with Crippen molar-refractivity contribution in [2.75, 3.05) is 9.80 Å². The predicted octanol–water partition coefficient (Wildman–Crippen LogP) is 23.6. The topological polar surface area (TPSA) is 11.4 Å². The van der Waals surface area contributed by atoms with E-state index < -0.39 is 16.2 Å². The molecule has 4 heteroatoms. The second-order valence-electron chi connectivity index (χ2n) is 31.0. The maximum atomic E-state index is 2.79. The van der Waals surface area contributed by atoms with E-state index in [0.29, 0.717) is 0 Å². The lowest BCUT2D eigenvalue weighted by molar-refractivity contribution is 0.793. The Morgan fingerprint density at radius 1 is 0.220 bits per heavy atom. The van der Waals surface area contributed by atoms with Crippen molar-refractivity contribution in [1.82, 2.24) is 4.57 Å². The number of aromatic nitrogens is 1. The van der Waals surface area contributed by atoms with Gasteiger partial charge in [-0.2, -0.15) is 0 Å². The highest BCUT2D eigenvalue weighted by molar-refractivity contribution is 7.00. The molecule has 0 saturated heterocycles. The summed E-state index contributed by atoms with van der Waals surface area (Å²) in [5.41, 5.74) is 45.8. The van der Waals surface area contributed by atoms with Gasteiger partial charge in [-0.05, 0) is 198 Å². The van der Waals surface area contributed by atoms with Gasteiger partial charge in [0.15, 0.2) is 0 Å². The molecule has 1 aromatic heterocycles. The zero-order valence-electron chi connectivity index (χ0n) is 59.2. The van der Waals surface area contributed by atoms with E-state index in [1.165, 1.54) is 177 Å². The quantitative estimate of drug-likeness (QED) is 0.163. The minimum absolute atomic E-state index is 0.267. The Morgan fingerprint density at radius 2 is 0.624 bits per heavy atom. The van der Waals surface area contributed by atoms with Crippen LogP contribution < -0.4 is 26.2 Å². The molecular formula is C105H62BN3. The van der Waals surface area contributed by atoms with Crippen molar-refractivity contribution in [2.24, 2.45) is 0 Å². The summed E-state index contributed by atoms with van der Waals surface area (Å²) in [6.07, 6.45) is 0. The molecule has 26 rings (SSSR count). The van der Waals surface area contributed by atoms with Crippen molar-refractivity contribution in [1.29, 1.82) is 0 Å². The Kier molecular flexibility index (Phi) is 11.2. The molecule has 2 aliphatic heterocycles. The number of hydrogen-bond donors (Lipinski definition) is 0. The molecule has 3 nitrogen and oxygen atoms in total. The Bertz CT molecular complexity index is 6960. The summed E-state index contributed by atoms with van der Waals surface area (Å²) in [5, 5.41) is 2.44. The van der Waals surface area contributed by atoms with Crippen LogP contribution in [0.4, 0.5) is 34.1 Å². The van der Waals surface area contributed by atoms with Crippen molar-refractivity contribution in [3.05, 3.63) is 443 Å². The van der Waals surface area contributed by atoms with Gasteiger partial charge < -0.3 is 14.4 Å². The number of nitrogens with zero attached hydrogens (tertiary/aromatic N) is 3. The molecular weight excluding hydrogens is 1310 g/mol. The van der Waals surface area contributed by atoms with E-state index in [1.54, 1.807) is 0 Å². The van der Waals surface area contributed by atoms with Gasteiger partial charge in [-0.1, -0.05) is 328 Å². The molecule has 500 valence electrons. The number of para-hydroxylation sites is 2. The SMILES string of the molecule is c1ccc(-c2ccc3c(c2)B2c4ccc5c(c4N(c4ccc6c(c4)-c4ccccc4C64c6ccccc6-c6ccccc64)c4cc(-n6c7ccccc7c7ccccc76)cc(c42)N3c2cccc3c2C2(c4ccccc4-c4ccccc42)c2ccccc2-3)-c2ccccc2C52c3ccccc3-c3ccccc32)cc1. The van der Waals surface area contributed by atoms with Crippen LogP contribution in [0.3, 0.4) is 0 Å². The third-order valence-electron chi connectivity index (χ3n) is 26.6. The zero-order valence-corrected chi connectivity index (χ0v) is 59.2. The molecule has 18 aromatic rings. The van der Waals surface area contributed by atoms with Gasteiger partial charge in [0.2, 0.25) is 0 Å². The minimum Gasteiger partial charge on any atom is -0.311 e. The fraction of sp³-hybridized carbons (Fsp3) is 0.0286. The van der Waals surface area contributed by atoms with Crippen LogP contribution in [-0.4, -0.2) is 11.3 Å². The molecule has 6 aliphatic carbocycles. The van der Waals surface area contributed by atoms with Crippen LogP contribution in [0, 0.1) is 0 Å². The van der Waals surface area contributed by atoms with E-state index in [1.807, 2.05) is 0 Å². The Morgan fingerprint density at radius 3 is 1.16 bits per heavy atom. The van der Waals surface area contributed by atoms with E-state index in [0.717, 1.165) is 45.2 Å². The first kappa shape index (κ1) is 58.5. The van der Waals surface area contributed by atoms with Crippen LogP contribution in [0.15, 0.2) is 376 Å². The summed E-state index contributed by atoms with van der Waals surface area (Å²) >= 11 is 0. The number of benzene rings is 17. The van der Waals surface area contributed by atoms with Gasteiger partial charge in [-0.25, -0.2) is 0 Å². The third kappa shape index (κ3) is 6.92. The summed E-state index contributed by atoms with van der Waals surface area (Å²) in [5.74, 6) is 0. The highest BCUT2D eigenvalue weighted by atomic mass is 15.2. The van der Waals surface area contributed by atoms with E-state index in [9.17, 15) is 0 Å². The predicted molar refractivity (Wildman–Crippen MR) is 449 cm³/mol. The Hall–Kier alpha value is -13.8. The molecule has 0 radical (unpaired) electrons.